The molecule has 0 radical (unpaired) electrons. The lowest BCUT2D eigenvalue weighted by molar-refractivity contribution is 0.103. The maximum Gasteiger partial charge on any atom is 0.267 e. The molecular weight excluding hydrogens is 428 g/mol. The summed E-state index contributed by atoms with van der Waals surface area (Å²) in [5.41, 5.74) is 3.69. The molecule has 0 bridgehead atoms. The van der Waals surface area contributed by atoms with Crippen LogP contribution in [0, 0.1) is 6.92 Å². The minimum Gasteiger partial charge on any atom is -0.487 e. The predicted molar refractivity (Wildman–Crippen MR) is 117 cm³/mol. The first-order valence-corrected chi connectivity index (χ1v) is 10.9. The zero-order valence-corrected chi connectivity index (χ0v) is 18.1. The smallest absolute Gasteiger partial charge is 0.267 e. The number of rotatable bonds is 6. The van der Waals surface area contributed by atoms with Crippen molar-refractivity contribution in [2.45, 2.75) is 13.5 Å². The summed E-state index contributed by atoms with van der Waals surface area (Å²) in [6.45, 7) is 2.33. The molecule has 6 nitrogen and oxygen atoms in total. The standard InChI is InChI=1S/C20H17ClN4O2S2/c1-12-14(8-22-25(12)2)16-11-29-20(23-16)24-19(26)18-7-13(10-28-18)9-27-17-6-4-3-5-15(17)21/h3-8,10-11H,9H2,1-2H3,(H,23,24,26). The molecule has 1 N–H and O–H groups in total. The van der Waals surface area contributed by atoms with Gasteiger partial charge in [-0.3, -0.25) is 14.8 Å². The van der Waals surface area contributed by atoms with E-state index in [9.17, 15) is 4.79 Å². The summed E-state index contributed by atoms with van der Waals surface area (Å²) in [6, 6.07) is 9.12. The highest BCUT2D eigenvalue weighted by Crippen LogP contribution is 2.28. The molecule has 148 valence electrons. The Morgan fingerprint density at radius 1 is 1.28 bits per heavy atom. The Morgan fingerprint density at radius 3 is 2.86 bits per heavy atom. The van der Waals surface area contributed by atoms with E-state index in [4.69, 9.17) is 16.3 Å². The lowest BCUT2D eigenvalue weighted by Crippen LogP contribution is -2.09. The third kappa shape index (κ3) is 4.34. The molecule has 0 aliphatic carbocycles. The molecule has 3 heterocycles. The second kappa shape index (κ2) is 8.36. The Kier molecular flexibility index (Phi) is 5.66. The average molecular weight is 445 g/mol. The van der Waals surface area contributed by atoms with Gasteiger partial charge in [0.2, 0.25) is 0 Å². The summed E-state index contributed by atoms with van der Waals surface area (Å²) in [5.74, 6) is 0.426. The minimum absolute atomic E-state index is 0.192. The molecule has 0 saturated heterocycles. The Morgan fingerprint density at radius 2 is 2.10 bits per heavy atom. The van der Waals surface area contributed by atoms with Crippen LogP contribution in [-0.2, 0) is 13.7 Å². The minimum atomic E-state index is -0.192. The van der Waals surface area contributed by atoms with Crippen LogP contribution < -0.4 is 10.1 Å². The largest absolute Gasteiger partial charge is 0.487 e. The molecule has 0 unspecified atom stereocenters. The number of aromatic nitrogens is 3. The summed E-state index contributed by atoms with van der Waals surface area (Å²) in [6.07, 6.45) is 1.78. The molecule has 29 heavy (non-hydrogen) atoms. The number of hydrogen-bond donors (Lipinski definition) is 1. The highest BCUT2D eigenvalue weighted by atomic mass is 35.5. The fourth-order valence-corrected chi connectivity index (χ4v) is 4.34. The van der Waals surface area contributed by atoms with Crippen molar-refractivity contribution in [1.29, 1.82) is 0 Å². The van der Waals surface area contributed by atoms with Gasteiger partial charge in [-0.05, 0) is 30.5 Å². The van der Waals surface area contributed by atoms with Gasteiger partial charge in [0.25, 0.3) is 5.91 Å². The number of para-hydroxylation sites is 1. The number of carbonyl (C=O) groups is 1. The quantitative estimate of drug-likeness (QED) is 0.432. The fraction of sp³-hybridized carbons (Fsp3) is 0.150. The van der Waals surface area contributed by atoms with Crippen molar-refractivity contribution >= 4 is 45.3 Å². The number of anilines is 1. The van der Waals surface area contributed by atoms with Crippen LogP contribution in [0.4, 0.5) is 5.13 Å². The van der Waals surface area contributed by atoms with Gasteiger partial charge in [-0.2, -0.15) is 5.10 Å². The number of thiophene rings is 1. The number of amides is 1. The first-order chi connectivity index (χ1) is 14.0. The van der Waals surface area contributed by atoms with Gasteiger partial charge in [0.05, 0.1) is 21.8 Å². The van der Waals surface area contributed by atoms with Gasteiger partial charge < -0.3 is 4.74 Å². The number of hydrogen-bond acceptors (Lipinski definition) is 6. The topological polar surface area (TPSA) is 69.0 Å². The van der Waals surface area contributed by atoms with Gasteiger partial charge in [0.1, 0.15) is 12.4 Å². The highest BCUT2D eigenvalue weighted by Gasteiger charge is 2.15. The number of aryl methyl sites for hydroxylation is 1. The van der Waals surface area contributed by atoms with Crippen molar-refractivity contribution in [3.05, 3.63) is 68.4 Å². The van der Waals surface area contributed by atoms with Crippen molar-refractivity contribution in [3.63, 3.8) is 0 Å². The SMILES string of the molecule is Cc1c(-c2csc(NC(=O)c3cc(COc4ccccc4Cl)cs3)n2)cnn1C. The Balaban J connectivity index is 1.39. The summed E-state index contributed by atoms with van der Waals surface area (Å²) < 4.78 is 7.52. The van der Waals surface area contributed by atoms with Gasteiger partial charge in [0.15, 0.2) is 5.13 Å². The molecule has 0 aliphatic rings. The van der Waals surface area contributed by atoms with Crippen LogP contribution in [0.1, 0.15) is 20.9 Å². The predicted octanol–water partition coefficient (Wildman–Crippen LogP) is 5.40. The summed E-state index contributed by atoms with van der Waals surface area (Å²) in [5, 5.41) is 12.0. The molecule has 4 aromatic rings. The van der Waals surface area contributed by atoms with Crippen molar-refractivity contribution in [2.75, 3.05) is 5.32 Å². The van der Waals surface area contributed by atoms with E-state index in [1.807, 2.05) is 49.0 Å². The van der Waals surface area contributed by atoms with E-state index in [0.717, 1.165) is 22.5 Å². The molecule has 9 heteroatoms. The van der Waals surface area contributed by atoms with Gasteiger partial charge >= 0.3 is 0 Å². The summed E-state index contributed by atoms with van der Waals surface area (Å²) >= 11 is 8.85. The third-order valence-corrected chi connectivity index (χ3v) is 6.39. The maximum absolute atomic E-state index is 12.6. The van der Waals surface area contributed by atoms with Crippen molar-refractivity contribution in [2.24, 2.45) is 7.05 Å². The molecule has 0 atom stereocenters. The third-order valence-electron chi connectivity index (χ3n) is 4.34. The Labute approximate surface area is 180 Å². The van der Waals surface area contributed by atoms with Crippen molar-refractivity contribution < 1.29 is 9.53 Å². The van der Waals surface area contributed by atoms with Crippen molar-refractivity contribution in [3.8, 4) is 17.0 Å². The lowest BCUT2D eigenvalue weighted by Gasteiger charge is -2.06. The summed E-state index contributed by atoms with van der Waals surface area (Å²) in [7, 11) is 1.89. The Bertz CT molecular complexity index is 1160. The molecular formula is C20H17ClN4O2S2. The number of nitrogens with one attached hydrogen (secondary N) is 1. The molecule has 0 spiro atoms. The number of thiazole rings is 1. The van der Waals surface area contributed by atoms with E-state index < -0.39 is 0 Å². The van der Waals surface area contributed by atoms with Gasteiger partial charge in [-0.15, -0.1) is 22.7 Å². The van der Waals surface area contributed by atoms with E-state index in [-0.39, 0.29) is 5.91 Å². The Hall–Kier alpha value is -2.68. The van der Waals surface area contributed by atoms with Gasteiger partial charge in [0, 0.05) is 29.2 Å². The first-order valence-electron chi connectivity index (χ1n) is 8.72. The van der Waals surface area contributed by atoms with E-state index >= 15 is 0 Å². The molecule has 3 aromatic heterocycles. The van der Waals surface area contributed by atoms with Crippen LogP contribution in [0.5, 0.6) is 5.75 Å². The zero-order valence-electron chi connectivity index (χ0n) is 15.7. The maximum atomic E-state index is 12.6. The van der Waals surface area contributed by atoms with E-state index in [1.165, 1.54) is 22.7 Å². The van der Waals surface area contributed by atoms with Gasteiger partial charge in [-0.1, -0.05) is 23.7 Å². The number of nitrogens with zero attached hydrogens (tertiary/aromatic N) is 3. The van der Waals surface area contributed by atoms with E-state index in [2.05, 4.69) is 15.4 Å². The number of carbonyl (C=O) groups excluding carboxylic acids is 1. The second-order valence-corrected chi connectivity index (χ2v) is 8.47. The molecule has 4 rings (SSSR count). The number of halogens is 1. The first kappa shape index (κ1) is 19.6. The zero-order chi connectivity index (χ0) is 20.4. The number of ether oxygens (including phenoxy) is 1. The van der Waals surface area contributed by atoms with Crippen molar-refractivity contribution in [1.82, 2.24) is 14.8 Å². The van der Waals surface area contributed by atoms with Crippen LogP contribution in [0.25, 0.3) is 11.3 Å². The van der Waals surface area contributed by atoms with Crippen LogP contribution in [0.2, 0.25) is 5.02 Å². The summed E-state index contributed by atoms with van der Waals surface area (Å²) in [4.78, 5) is 17.7. The highest BCUT2D eigenvalue weighted by molar-refractivity contribution is 7.14. The monoisotopic (exact) mass is 444 g/mol. The normalized spacial score (nSPS) is 10.9. The van der Waals surface area contributed by atoms with Gasteiger partial charge in [-0.25, -0.2) is 4.98 Å². The average Bonchev–Trinajstić information content (AvgIpc) is 3.43. The lowest BCUT2D eigenvalue weighted by atomic mass is 10.2. The van der Waals surface area contributed by atoms with Crippen LogP contribution in [0.15, 0.2) is 47.3 Å². The van der Waals surface area contributed by atoms with E-state index in [0.29, 0.717) is 27.4 Å². The van der Waals surface area contributed by atoms with Crippen LogP contribution >= 0.6 is 34.3 Å². The van der Waals surface area contributed by atoms with Crippen LogP contribution in [-0.4, -0.2) is 20.7 Å². The molecule has 0 saturated carbocycles. The molecule has 0 fully saturated rings. The number of benzene rings is 1. The molecule has 0 aliphatic heterocycles. The van der Waals surface area contributed by atoms with Crippen LogP contribution in [0.3, 0.4) is 0 Å². The molecule has 1 amide bonds. The second-order valence-electron chi connectivity index (χ2n) is 6.30. The van der Waals surface area contributed by atoms with E-state index in [1.54, 1.807) is 16.9 Å². The molecule has 1 aromatic carbocycles. The fourth-order valence-electron chi connectivity index (χ4n) is 2.66.